The van der Waals surface area contributed by atoms with Crippen LogP contribution in [0.4, 0.5) is 11.5 Å². The molecule has 0 radical (unpaired) electrons. The molecule has 1 heterocycles. The van der Waals surface area contributed by atoms with Crippen LogP contribution in [0.25, 0.3) is 10.9 Å². The second-order valence-electron chi connectivity index (χ2n) is 9.10. The summed E-state index contributed by atoms with van der Waals surface area (Å²) in [6.45, 7) is 12.3. The number of hydrogen-bond donors (Lipinski definition) is 1. The molecule has 2 unspecified atom stereocenters. The largest absolute Gasteiger partial charge is 0.461 e. The minimum atomic E-state index is -1.51. The maximum absolute atomic E-state index is 6.30. The molecule has 9 heteroatoms. The van der Waals surface area contributed by atoms with Gasteiger partial charge in [0.2, 0.25) is 5.28 Å². The molecule has 2 atom stereocenters. The second-order valence-corrected chi connectivity index (χ2v) is 14.2. The first-order valence-electron chi connectivity index (χ1n) is 11.3. The summed E-state index contributed by atoms with van der Waals surface area (Å²) in [5.74, 6) is 4.81. The summed E-state index contributed by atoms with van der Waals surface area (Å²) in [6, 6.07) is 9.55. The van der Waals surface area contributed by atoms with Gasteiger partial charge in [0, 0.05) is 36.9 Å². The number of nitrogens with zero attached hydrogens (tertiary/aromatic N) is 2. The van der Waals surface area contributed by atoms with Gasteiger partial charge in [-0.3, -0.25) is 0 Å². The molecule has 0 saturated heterocycles. The average molecular weight is 514 g/mol. The fourth-order valence-corrected chi connectivity index (χ4v) is 3.82. The van der Waals surface area contributed by atoms with E-state index < -0.39 is 20.7 Å². The number of fused-ring (bicyclic) bond motifs is 1. The predicted octanol–water partition coefficient (Wildman–Crippen LogP) is 6.31. The van der Waals surface area contributed by atoms with Gasteiger partial charge in [-0.25, -0.2) is 4.98 Å². The number of aromatic nitrogens is 2. The Balaban J connectivity index is 2.10. The van der Waals surface area contributed by atoms with Crippen LogP contribution in [-0.4, -0.2) is 44.8 Å². The van der Waals surface area contributed by atoms with E-state index in [4.69, 9.17) is 30.5 Å². The SMILES string of the molecule is COC(C)Oc1cc2nc(Cl)nc(Nc3cccc(C#C[Si](C)(C)C)c3C)c2cc1OC(C)OC. The zero-order chi connectivity index (χ0) is 25.8. The van der Waals surface area contributed by atoms with Gasteiger partial charge in [0.05, 0.1) is 5.52 Å². The predicted molar refractivity (Wildman–Crippen MR) is 143 cm³/mol. The van der Waals surface area contributed by atoms with Gasteiger partial charge in [0.1, 0.15) is 13.9 Å². The molecule has 2 aromatic carbocycles. The van der Waals surface area contributed by atoms with Crippen molar-refractivity contribution in [2.75, 3.05) is 19.5 Å². The number of benzene rings is 2. The highest BCUT2D eigenvalue weighted by Gasteiger charge is 2.18. The van der Waals surface area contributed by atoms with Crippen LogP contribution < -0.4 is 14.8 Å². The molecule has 0 spiro atoms. The van der Waals surface area contributed by atoms with Crippen LogP contribution in [0, 0.1) is 18.4 Å². The Labute approximate surface area is 213 Å². The highest BCUT2D eigenvalue weighted by Crippen LogP contribution is 2.37. The molecule has 0 aliphatic carbocycles. The minimum Gasteiger partial charge on any atom is -0.461 e. The van der Waals surface area contributed by atoms with Crippen molar-refractivity contribution in [1.29, 1.82) is 0 Å². The Kier molecular flexibility index (Phi) is 8.62. The zero-order valence-electron chi connectivity index (χ0n) is 21.4. The van der Waals surface area contributed by atoms with Crippen molar-refractivity contribution in [3.63, 3.8) is 0 Å². The molecule has 7 nitrogen and oxygen atoms in total. The molecule has 0 aliphatic rings. The molecular formula is C26H32ClN3O4Si. The van der Waals surface area contributed by atoms with Gasteiger partial charge in [-0.2, -0.15) is 4.98 Å². The van der Waals surface area contributed by atoms with E-state index in [1.165, 1.54) is 0 Å². The van der Waals surface area contributed by atoms with E-state index in [0.29, 0.717) is 28.2 Å². The number of rotatable bonds is 8. The number of anilines is 2. The van der Waals surface area contributed by atoms with Crippen molar-refractivity contribution in [3.8, 4) is 23.0 Å². The summed E-state index contributed by atoms with van der Waals surface area (Å²) in [6.07, 6.45) is -0.994. The van der Waals surface area contributed by atoms with Gasteiger partial charge in [0.25, 0.3) is 0 Å². The second kappa shape index (κ2) is 11.3. The van der Waals surface area contributed by atoms with E-state index in [9.17, 15) is 0 Å². The number of hydrogen-bond acceptors (Lipinski definition) is 7. The highest BCUT2D eigenvalue weighted by atomic mass is 35.5. The highest BCUT2D eigenvalue weighted by molar-refractivity contribution is 6.83. The third-order valence-corrected chi connectivity index (χ3v) is 6.19. The number of methoxy groups -OCH3 is 2. The van der Waals surface area contributed by atoms with E-state index in [0.717, 1.165) is 16.8 Å². The quantitative estimate of drug-likeness (QED) is 0.164. The number of nitrogens with one attached hydrogen (secondary N) is 1. The van der Waals surface area contributed by atoms with Crippen molar-refractivity contribution in [1.82, 2.24) is 9.97 Å². The van der Waals surface area contributed by atoms with Crippen molar-refractivity contribution in [2.45, 2.75) is 53.0 Å². The lowest BCUT2D eigenvalue weighted by Crippen LogP contribution is -2.17. The monoisotopic (exact) mass is 513 g/mol. The molecule has 0 amide bonds. The van der Waals surface area contributed by atoms with Crippen LogP contribution in [0.15, 0.2) is 30.3 Å². The van der Waals surface area contributed by atoms with Gasteiger partial charge in [0.15, 0.2) is 24.1 Å². The Morgan fingerprint density at radius 3 is 2.20 bits per heavy atom. The third-order valence-electron chi connectivity index (χ3n) is 5.14. The Morgan fingerprint density at radius 2 is 1.60 bits per heavy atom. The lowest BCUT2D eigenvalue weighted by molar-refractivity contribution is -0.0551. The van der Waals surface area contributed by atoms with Gasteiger partial charge in [-0.05, 0) is 56.1 Å². The van der Waals surface area contributed by atoms with Crippen molar-refractivity contribution in [3.05, 3.63) is 46.7 Å². The van der Waals surface area contributed by atoms with Crippen molar-refractivity contribution >= 4 is 42.1 Å². The summed E-state index contributed by atoms with van der Waals surface area (Å²) in [5.41, 5.74) is 6.90. The molecule has 0 bridgehead atoms. The standard InChI is InChI=1S/C26H32ClN3O4Si/c1-16-19(12-13-35(6,7)8)10-9-11-21(16)28-25-20-14-23(33-17(2)31-4)24(34-18(3)32-5)15-22(20)29-26(27)30-25/h9-11,14-15,17-18H,1-8H3,(H,28,29,30). The molecule has 3 rings (SSSR count). The van der Waals surface area contributed by atoms with Crippen molar-refractivity contribution in [2.24, 2.45) is 0 Å². The average Bonchev–Trinajstić information content (AvgIpc) is 2.79. The van der Waals surface area contributed by atoms with Gasteiger partial charge >= 0.3 is 0 Å². The fourth-order valence-electron chi connectivity index (χ4n) is 3.13. The summed E-state index contributed by atoms with van der Waals surface area (Å²) in [7, 11) is 1.63. The van der Waals surface area contributed by atoms with E-state index in [2.05, 4.69) is 46.4 Å². The molecule has 1 aromatic heterocycles. The molecule has 0 aliphatic heterocycles. The molecule has 3 aromatic rings. The molecule has 0 fully saturated rings. The Hall–Kier alpha value is -2.83. The minimum absolute atomic E-state index is 0.108. The fraction of sp³-hybridized carbons (Fsp3) is 0.385. The summed E-state index contributed by atoms with van der Waals surface area (Å²) in [5, 5.41) is 4.23. The smallest absolute Gasteiger partial charge is 0.224 e. The normalized spacial score (nSPS) is 13.1. The first-order chi connectivity index (χ1) is 16.5. The Bertz CT molecular complexity index is 1270. The van der Waals surface area contributed by atoms with Crippen LogP contribution in [-0.2, 0) is 9.47 Å². The van der Waals surface area contributed by atoms with E-state index in [1.54, 1.807) is 34.1 Å². The van der Waals surface area contributed by atoms with Crippen LogP contribution in [0.1, 0.15) is 25.0 Å². The van der Waals surface area contributed by atoms with Gasteiger partial charge in [-0.15, -0.1) is 5.54 Å². The number of halogens is 1. The molecular weight excluding hydrogens is 482 g/mol. The number of ether oxygens (including phenoxy) is 4. The Morgan fingerprint density at radius 1 is 0.971 bits per heavy atom. The first-order valence-corrected chi connectivity index (χ1v) is 15.2. The summed E-state index contributed by atoms with van der Waals surface area (Å²) >= 11 is 6.30. The molecule has 0 saturated carbocycles. The van der Waals surface area contributed by atoms with Crippen LogP contribution in [0.5, 0.6) is 11.5 Å². The van der Waals surface area contributed by atoms with E-state index in [1.807, 2.05) is 31.2 Å². The molecule has 1 N–H and O–H groups in total. The lowest BCUT2D eigenvalue weighted by atomic mass is 10.1. The maximum atomic E-state index is 6.30. The van der Waals surface area contributed by atoms with E-state index in [-0.39, 0.29) is 5.28 Å². The third kappa shape index (κ3) is 7.09. The zero-order valence-corrected chi connectivity index (χ0v) is 23.2. The van der Waals surface area contributed by atoms with Crippen LogP contribution in [0.2, 0.25) is 24.9 Å². The van der Waals surface area contributed by atoms with Crippen LogP contribution in [0.3, 0.4) is 0 Å². The summed E-state index contributed by atoms with van der Waals surface area (Å²) in [4.78, 5) is 8.86. The van der Waals surface area contributed by atoms with Gasteiger partial charge < -0.3 is 24.3 Å². The lowest BCUT2D eigenvalue weighted by Gasteiger charge is -2.20. The molecule has 186 valence electrons. The van der Waals surface area contributed by atoms with Crippen LogP contribution >= 0.6 is 11.6 Å². The summed E-state index contributed by atoms with van der Waals surface area (Å²) < 4.78 is 22.4. The topological polar surface area (TPSA) is 74.7 Å². The first kappa shape index (κ1) is 26.8. The van der Waals surface area contributed by atoms with E-state index >= 15 is 0 Å². The van der Waals surface area contributed by atoms with Gasteiger partial charge in [-0.1, -0.05) is 31.6 Å². The molecule has 35 heavy (non-hydrogen) atoms. The maximum Gasteiger partial charge on any atom is 0.224 e. The van der Waals surface area contributed by atoms with Crippen molar-refractivity contribution < 1.29 is 18.9 Å².